The van der Waals surface area contributed by atoms with Crippen molar-refractivity contribution in [1.29, 1.82) is 0 Å². The normalized spacial score (nSPS) is 21.5. The van der Waals surface area contributed by atoms with E-state index in [2.05, 4.69) is 21.3 Å². The van der Waals surface area contributed by atoms with Gasteiger partial charge in [-0.1, -0.05) is 13.3 Å². The largest absolute Gasteiger partial charge is 0.369 e. The van der Waals surface area contributed by atoms with Crippen molar-refractivity contribution < 1.29 is 14.4 Å². The molecule has 23 heavy (non-hydrogen) atoms. The standard InChI is InChI=1S/C9H19N3O2.C5H8N2OS/c1-2-3-4-9(14)12-6-5-11-7-8(10)13;8-5-6-3-1-9-2-4(3)7-5/h11H,2-7H2,1H3,(H2,10,13)(H,12,14);3-4H,1-2H2,(H2,6,7,8). The maximum Gasteiger partial charge on any atom is 0.315 e. The van der Waals surface area contributed by atoms with Crippen molar-refractivity contribution >= 4 is 29.6 Å². The van der Waals surface area contributed by atoms with Crippen molar-refractivity contribution in [3.8, 4) is 0 Å². The third-order valence-electron chi connectivity index (χ3n) is 3.39. The summed E-state index contributed by atoms with van der Waals surface area (Å²) in [5.74, 6) is 1.82. The van der Waals surface area contributed by atoms with E-state index < -0.39 is 0 Å². The Morgan fingerprint density at radius 2 is 1.91 bits per heavy atom. The van der Waals surface area contributed by atoms with Gasteiger partial charge in [-0.25, -0.2) is 4.79 Å². The zero-order valence-corrected chi connectivity index (χ0v) is 14.3. The molecule has 0 aromatic heterocycles. The Morgan fingerprint density at radius 3 is 2.48 bits per heavy atom. The van der Waals surface area contributed by atoms with Gasteiger partial charge in [-0.3, -0.25) is 9.59 Å². The molecule has 0 bridgehead atoms. The number of amides is 4. The number of fused-ring (bicyclic) bond motifs is 1. The van der Waals surface area contributed by atoms with E-state index in [0.29, 0.717) is 31.6 Å². The first-order valence-electron chi connectivity index (χ1n) is 7.93. The molecule has 8 nitrogen and oxygen atoms in total. The number of hydrogen-bond donors (Lipinski definition) is 5. The summed E-state index contributed by atoms with van der Waals surface area (Å²) in [6, 6.07) is 0.815. The van der Waals surface area contributed by atoms with E-state index in [0.717, 1.165) is 24.3 Å². The van der Waals surface area contributed by atoms with Gasteiger partial charge in [-0.2, -0.15) is 11.8 Å². The third-order valence-corrected chi connectivity index (χ3v) is 4.58. The molecule has 2 aliphatic rings. The van der Waals surface area contributed by atoms with Gasteiger partial charge < -0.3 is 27.0 Å². The summed E-state index contributed by atoms with van der Waals surface area (Å²) >= 11 is 1.89. The number of carbonyl (C=O) groups excluding carboxylic acids is 3. The quantitative estimate of drug-likeness (QED) is 0.289. The lowest BCUT2D eigenvalue weighted by molar-refractivity contribution is -0.121. The summed E-state index contributed by atoms with van der Waals surface area (Å²) in [7, 11) is 0. The second-order valence-corrected chi connectivity index (χ2v) is 6.54. The second-order valence-electron chi connectivity index (χ2n) is 5.46. The Kier molecular flexibility index (Phi) is 9.46. The minimum Gasteiger partial charge on any atom is -0.369 e. The average Bonchev–Trinajstić information content (AvgIpc) is 3.05. The second kappa shape index (κ2) is 11.1. The molecule has 4 amide bonds. The maximum absolute atomic E-state index is 11.1. The number of carbonyl (C=O) groups is 3. The van der Waals surface area contributed by atoms with Crippen LogP contribution in [0.2, 0.25) is 0 Å². The van der Waals surface area contributed by atoms with Crippen LogP contribution in [-0.4, -0.2) is 61.1 Å². The molecule has 2 heterocycles. The van der Waals surface area contributed by atoms with Crippen LogP contribution in [0.3, 0.4) is 0 Å². The molecule has 6 N–H and O–H groups in total. The van der Waals surface area contributed by atoms with Crippen LogP contribution in [0.4, 0.5) is 4.79 Å². The van der Waals surface area contributed by atoms with Crippen LogP contribution in [0.15, 0.2) is 0 Å². The van der Waals surface area contributed by atoms with E-state index in [1.165, 1.54) is 0 Å². The highest BCUT2D eigenvalue weighted by Gasteiger charge is 2.35. The number of urea groups is 1. The van der Waals surface area contributed by atoms with Crippen LogP contribution in [0, 0.1) is 0 Å². The smallest absolute Gasteiger partial charge is 0.315 e. The van der Waals surface area contributed by atoms with Gasteiger partial charge in [0.15, 0.2) is 0 Å². The lowest BCUT2D eigenvalue weighted by atomic mass is 10.2. The number of thioether (sulfide) groups is 1. The number of rotatable bonds is 8. The first kappa shape index (κ1) is 19.6. The topological polar surface area (TPSA) is 125 Å². The first-order valence-corrected chi connectivity index (χ1v) is 9.09. The van der Waals surface area contributed by atoms with E-state index >= 15 is 0 Å². The number of primary amides is 1. The van der Waals surface area contributed by atoms with Crippen LogP contribution in [0.25, 0.3) is 0 Å². The average molecular weight is 345 g/mol. The van der Waals surface area contributed by atoms with Crippen molar-refractivity contribution in [2.24, 2.45) is 5.73 Å². The fourth-order valence-electron chi connectivity index (χ4n) is 2.14. The van der Waals surface area contributed by atoms with E-state index in [1.54, 1.807) is 0 Å². The first-order chi connectivity index (χ1) is 11.0. The molecule has 0 aromatic carbocycles. The molecule has 2 saturated heterocycles. The summed E-state index contributed by atoms with van der Waals surface area (Å²) in [5, 5.41) is 11.2. The molecule has 2 unspecified atom stereocenters. The van der Waals surface area contributed by atoms with Crippen molar-refractivity contribution in [1.82, 2.24) is 21.3 Å². The Balaban J connectivity index is 0.000000248. The molecule has 0 aromatic rings. The Hall–Kier alpha value is -1.48. The number of unbranched alkanes of at least 4 members (excludes halogenated alkanes) is 1. The number of nitrogens with one attached hydrogen (secondary N) is 4. The summed E-state index contributed by atoms with van der Waals surface area (Å²) in [4.78, 5) is 32.0. The highest BCUT2D eigenvalue weighted by atomic mass is 32.2. The fourth-order valence-corrected chi connectivity index (χ4v) is 3.42. The molecular weight excluding hydrogens is 318 g/mol. The molecule has 2 aliphatic heterocycles. The van der Waals surface area contributed by atoms with Gasteiger partial charge >= 0.3 is 6.03 Å². The van der Waals surface area contributed by atoms with Gasteiger partial charge in [-0.15, -0.1) is 0 Å². The molecule has 0 radical (unpaired) electrons. The van der Waals surface area contributed by atoms with Gasteiger partial charge in [0.2, 0.25) is 11.8 Å². The lowest BCUT2D eigenvalue weighted by Crippen LogP contribution is -2.35. The minimum atomic E-state index is -0.387. The molecule has 132 valence electrons. The maximum atomic E-state index is 11.1. The zero-order valence-electron chi connectivity index (χ0n) is 13.5. The van der Waals surface area contributed by atoms with Crippen LogP contribution < -0.4 is 27.0 Å². The highest BCUT2D eigenvalue weighted by molar-refractivity contribution is 7.99. The van der Waals surface area contributed by atoms with Crippen molar-refractivity contribution in [2.75, 3.05) is 31.1 Å². The van der Waals surface area contributed by atoms with E-state index in [1.807, 2.05) is 18.7 Å². The number of nitrogens with two attached hydrogens (primary N) is 1. The molecular formula is C14H27N5O3S. The molecule has 2 fully saturated rings. The highest BCUT2D eigenvalue weighted by Crippen LogP contribution is 2.20. The summed E-state index contributed by atoms with van der Waals surface area (Å²) in [6.07, 6.45) is 2.51. The SMILES string of the molecule is CCCCC(=O)NCCNCC(N)=O.O=C1NC2CSCC2N1. The third kappa shape index (κ3) is 8.65. The molecule has 0 spiro atoms. The Morgan fingerprint density at radius 1 is 1.26 bits per heavy atom. The van der Waals surface area contributed by atoms with Crippen LogP contribution in [0.1, 0.15) is 26.2 Å². The van der Waals surface area contributed by atoms with E-state index in [4.69, 9.17) is 5.73 Å². The van der Waals surface area contributed by atoms with E-state index in [9.17, 15) is 14.4 Å². The van der Waals surface area contributed by atoms with Gasteiger partial charge in [-0.05, 0) is 6.42 Å². The van der Waals surface area contributed by atoms with Gasteiger partial charge in [0.25, 0.3) is 0 Å². The van der Waals surface area contributed by atoms with Gasteiger partial charge in [0.1, 0.15) is 0 Å². The minimum absolute atomic E-state index is 0.00491. The van der Waals surface area contributed by atoms with Crippen molar-refractivity contribution in [3.63, 3.8) is 0 Å². The van der Waals surface area contributed by atoms with Crippen molar-refractivity contribution in [3.05, 3.63) is 0 Å². The van der Waals surface area contributed by atoms with E-state index in [-0.39, 0.29) is 24.4 Å². The Labute approximate surface area is 141 Å². The van der Waals surface area contributed by atoms with Gasteiger partial charge in [0.05, 0.1) is 18.6 Å². The predicted molar refractivity (Wildman–Crippen MR) is 91.2 cm³/mol. The van der Waals surface area contributed by atoms with Crippen LogP contribution in [0.5, 0.6) is 0 Å². The van der Waals surface area contributed by atoms with Crippen molar-refractivity contribution in [2.45, 2.75) is 38.3 Å². The molecule has 0 saturated carbocycles. The summed E-state index contributed by atoms with van der Waals surface area (Å²) in [5.41, 5.74) is 4.91. The number of hydrogen-bond acceptors (Lipinski definition) is 5. The lowest BCUT2D eigenvalue weighted by Gasteiger charge is -2.04. The monoisotopic (exact) mass is 345 g/mol. The molecule has 0 aliphatic carbocycles. The summed E-state index contributed by atoms with van der Waals surface area (Å²) in [6.45, 7) is 3.31. The fraction of sp³-hybridized carbons (Fsp3) is 0.786. The zero-order chi connectivity index (χ0) is 17.1. The Bertz CT molecular complexity index is 394. The predicted octanol–water partition coefficient (Wildman–Crippen LogP) is -0.849. The van der Waals surface area contributed by atoms with Crippen LogP contribution in [-0.2, 0) is 9.59 Å². The molecule has 2 atom stereocenters. The summed E-state index contributed by atoms with van der Waals surface area (Å²) < 4.78 is 0. The van der Waals surface area contributed by atoms with Gasteiger partial charge in [0, 0.05) is 31.0 Å². The molecule has 2 rings (SSSR count). The molecule has 9 heteroatoms. The van der Waals surface area contributed by atoms with Crippen LogP contribution >= 0.6 is 11.8 Å².